The van der Waals surface area contributed by atoms with Crippen LogP contribution in [0.15, 0.2) is 97.1 Å². The van der Waals surface area contributed by atoms with Gasteiger partial charge in [-0.05, 0) is 36.8 Å². The number of ether oxygens (including phenoxy) is 1. The average molecular weight is 483 g/mol. The van der Waals surface area contributed by atoms with Gasteiger partial charge in [0, 0.05) is 18.1 Å². The number of aromatic nitrogens is 2. The smallest absolute Gasteiger partial charge is 0.329 e. The summed E-state index contributed by atoms with van der Waals surface area (Å²) in [7, 11) is 0. The molecule has 0 spiro atoms. The molecule has 0 radical (unpaired) electrons. The number of benzene rings is 3. The summed E-state index contributed by atoms with van der Waals surface area (Å²) in [6.45, 7) is 1.31. The van der Waals surface area contributed by atoms with E-state index >= 15 is 0 Å². The van der Waals surface area contributed by atoms with Crippen LogP contribution in [-0.4, -0.2) is 40.2 Å². The van der Waals surface area contributed by atoms with Gasteiger partial charge >= 0.3 is 5.97 Å². The topological polar surface area (TPSA) is 102 Å². The number of nitrogens with one attached hydrogen (secondary N) is 2. The molecule has 0 saturated carbocycles. The molecule has 1 unspecified atom stereocenters. The number of hydrogen-bond acceptors (Lipinski definition) is 5. The zero-order valence-electron chi connectivity index (χ0n) is 19.8. The molecule has 182 valence electrons. The van der Waals surface area contributed by atoms with E-state index in [9.17, 15) is 14.4 Å². The number of nitrogens with zero attached hydrogens (tertiary/aromatic N) is 2. The van der Waals surface area contributed by atoms with Crippen LogP contribution in [0.2, 0.25) is 0 Å². The van der Waals surface area contributed by atoms with Crippen molar-refractivity contribution in [3.8, 4) is 5.69 Å². The Morgan fingerprint density at radius 2 is 1.50 bits per heavy atom. The Morgan fingerprint density at radius 3 is 2.17 bits per heavy atom. The van der Waals surface area contributed by atoms with Crippen LogP contribution in [-0.2, 0) is 20.7 Å². The van der Waals surface area contributed by atoms with Crippen LogP contribution in [0.25, 0.3) is 5.69 Å². The number of amides is 2. The van der Waals surface area contributed by atoms with Crippen LogP contribution in [0.4, 0.5) is 5.82 Å². The van der Waals surface area contributed by atoms with Crippen LogP contribution in [0.1, 0.15) is 21.6 Å². The van der Waals surface area contributed by atoms with E-state index in [0.29, 0.717) is 11.4 Å². The van der Waals surface area contributed by atoms with Gasteiger partial charge in [-0.25, -0.2) is 9.48 Å². The Kier molecular flexibility index (Phi) is 7.87. The highest BCUT2D eigenvalue weighted by Crippen LogP contribution is 2.17. The Balaban J connectivity index is 1.41. The number of anilines is 1. The van der Waals surface area contributed by atoms with Crippen molar-refractivity contribution in [3.63, 3.8) is 0 Å². The molecular weight excluding hydrogens is 456 g/mol. The fraction of sp³-hybridized carbons (Fsp3) is 0.143. The number of rotatable bonds is 9. The van der Waals surface area contributed by atoms with Crippen molar-refractivity contribution in [1.82, 2.24) is 15.1 Å². The van der Waals surface area contributed by atoms with Crippen molar-refractivity contribution in [2.75, 3.05) is 11.9 Å². The van der Waals surface area contributed by atoms with Crippen molar-refractivity contribution in [2.45, 2.75) is 19.4 Å². The first kappa shape index (κ1) is 24.4. The number of para-hydroxylation sites is 1. The minimum atomic E-state index is -0.968. The van der Waals surface area contributed by atoms with E-state index in [1.54, 1.807) is 41.1 Å². The first-order chi connectivity index (χ1) is 17.5. The van der Waals surface area contributed by atoms with Gasteiger partial charge < -0.3 is 15.4 Å². The number of aryl methyl sites for hydroxylation is 1. The molecule has 0 aliphatic rings. The van der Waals surface area contributed by atoms with Crippen molar-refractivity contribution in [3.05, 3.63) is 114 Å². The third kappa shape index (κ3) is 6.44. The summed E-state index contributed by atoms with van der Waals surface area (Å²) in [6.07, 6.45) is 0.222. The molecule has 1 heterocycles. The van der Waals surface area contributed by atoms with Crippen molar-refractivity contribution >= 4 is 23.6 Å². The monoisotopic (exact) mass is 482 g/mol. The summed E-state index contributed by atoms with van der Waals surface area (Å²) in [5, 5.41) is 9.88. The Bertz CT molecular complexity index is 1320. The second kappa shape index (κ2) is 11.6. The predicted octanol–water partition coefficient (Wildman–Crippen LogP) is 3.70. The Labute approximate surface area is 208 Å². The fourth-order valence-corrected chi connectivity index (χ4v) is 3.64. The second-order valence-electron chi connectivity index (χ2n) is 8.16. The molecule has 8 nitrogen and oxygen atoms in total. The van der Waals surface area contributed by atoms with Crippen molar-refractivity contribution < 1.29 is 19.1 Å². The standard InChI is InChI=1S/C28H26N4O4/c1-20-17-25(32(31-20)23-15-9-4-10-16-23)30-26(33)19-36-28(35)24(18-21-11-5-2-6-12-21)29-27(34)22-13-7-3-8-14-22/h2-17,24H,18-19H2,1H3,(H,29,34)(H,30,33). The molecule has 1 aromatic heterocycles. The van der Waals surface area contributed by atoms with Gasteiger partial charge in [0.2, 0.25) is 0 Å². The van der Waals surface area contributed by atoms with Crippen molar-refractivity contribution in [1.29, 1.82) is 0 Å². The lowest BCUT2D eigenvalue weighted by Crippen LogP contribution is -2.44. The molecule has 0 bridgehead atoms. The number of hydrogen-bond donors (Lipinski definition) is 2. The molecule has 8 heteroatoms. The predicted molar refractivity (Wildman–Crippen MR) is 136 cm³/mol. The highest BCUT2D eigenvalue weighted by molar-refractivity contribution is 5.97. The highest BCUT2D eigenvalue weighted by atomic mass is 16.5. The van der Waals surface area contributed by atoms with Gasteiger partial charge in [0.05, 0.1) is 11.4 Å². The van der Waals surface area contributed by atoms with E-state index in [0.717, 1.165) is 16.9 Å². The Morgan fingerprint density at radius 1 is 0.889 bits per heavy atom. The molecule has 0 fully saturated rings. The van der Waals surface area contributed by atoms with Gasteiger partial charge in [-0.1, -0.05) is 66.7 Å². The molecule has 4 rings (SSSR count). The molecule has 3 aromatic carbocycles. The highest BCUT2D eigenvalue weighted by Gasteiger charge is 2.24. The minimum Gasteiger partial charge on any atom is -0.454 e. The number of carbonyl (C=O) groups is 3. The molecule has 2 N–H and O–H groups in total. The molecule has 1 atom stereocenters. The molecule has 0 saturated heterocycles. The van der Waals surface area contributed by atoms with E-state index in [1.807, 2.05) is 67.6 Å². The van der Waals surface area contributed by atoms with E-state index < -0.39 is 30.4 Å². The van der Waals surface area contributed by atoms with E-state index in [-0.39, 0.29) is 6.42 Å². The summed E-state index contributed by atoms with van der Waals surface area (Å²) < 4.78 is 6.91. The summed E-state index contributed by atoms with van der Waals surface area (Å²) in [5.41, 5.74) is 2.77. The summed E-state index contributed by atoms with van der Waals surface area (Å²) in [6, 6.07) is 28.0. The molecule has 4 aromatic rings. The molecule has 2 amide bonds. The third-order valence-electron chi connectivity index (χ3n) is 5.35. The normalized spacial score (nSPS) is 11.4. The van der Waals surface area contributed by atoms with Crippen LogP contribution < -0.4 is 10.6 Å². The minimum absolute atomic E-state index is 0.222. The summed E-state index contributed by atoms with van der Waals surface area (Å²) >= 11 is 0. The van der Waals surface area contributed by atoms with Gasteiger partial charge in [-0.3, -0.25) is 9.59 Å². The third-order valence-corrected chi connectivity index (χ3v) is 5.35. The van der Waals surface area contributed by atoms with Gasteiger partial charge in [-0.15, -0.1) is 0 Å². The molecular formula is C28H26N4O4. The molecule has 0 aliphatic heterocycles. The first-order valence-corrected chi connectivity index (χ1v) is 11.5. The SMILES string of the molecule is Cc1cc(NC(=O)COC(=O)C(Cc2ccccc2)NC(=O)c2ccccc2)n(-c2ccccc2)n1. The zero-order valence-corrected chi connectivity index (χ0v) is 19.8. The van der Waals surface area contributed by atoms with Gasteiger partial charge in [0.1, 0.15) is 11.9 Å². The fourth-order valence-electron chi connectivity index (χ4n) is 3.64. The first-order valence-electron chi connectivity index (χ1n) is 11.5. The van der Waals surface area contributed by atoms with Crippen LogP contribution >= 0.6 is 0 Å². The van der Waals surface area contributed by atoms with E-state index in [4.69, 9.17) is 4.74 Å². The largest absolute Gasteiger partial charge is 0.454 e. The number of esters is 1. The van der Waals surface area contributed by atoms with Crippen LogP contribution in [0.5, 0.6) is 0 Å². The lowest BCUT2D eigenvalue weighted by Gasteiger charge is -2.18. The van der Waals surface area contributed by atoms with E-state index in [1.165, 1.54) is 0 Å². The maximum absolute atomic E-state index is 12.9. The molecule has 0 aliphatic carbocycles. The summed E-state index contributed by atoms with van der Waals surface area (Å²) in [4.78, 5) is 38.2. The lowest BCUT2D eigenvalue weighted by atomic mass is 10.1. The van der Waals surface area contributed by atoms with Gasteiger partial charge in [0.25, 0.3) is 11.8 Å². The second-order valence-corrected chi connectivity index (χ2v) is 8.16. The van der Waals surface area contributed by atoms with Crippen LogP contribution in [0.3, 0.4) is 0 Å². The van der Waals surface area contributed by atoms with E-state index in [2.05, 4.69) is 15.7 Å². The maximum Gasteiger partial charge on any atom is 0.329 e. The van der Waals surface area contributed by atoms with Gasteiger partial charge in [-0.2, -0.15) is 5.10 Å². The average Bonchev–Trinajstić information content (AvgIpc) is 3.28. The van der Waals surface area contributed by atoms with Gasteiger partial charge in [0.15, 0.2) is 6.61 Å². The van der Waals surface area contributed by atoms with Crippen LogP contribution in [0, 0.1) is 6.92 Å². The number of carbonyl (C=O) groups excluding carboxylic acids is 3. The quantitative estimate of drug-likeness (QED) is 0.354. The lowest BCUT2D eigenvalue weighted by molar-refractivity contribution is -0.149. The summed E-state index contributed by atoms with van der Waals surface area (Å²) in [5.74, 6) is -1.17. The maximum atomic E-state index is 12.9. The Hall–Kier alpha value is -4.72. The van der Waals surface area contributed by atoms with Crippen molar-refractivity contribution in [2.24, 2.45) is 0 Å². The zero-order chi connectivity index (χ0) is 25.3. The molecule has 36 heavy (non-hydrogen) atoms.